The highest BCUT2D eigenvalue weighted by molar-refractivity contribution is 7.66. The SMILES string of the molecule is NCCCCCCNC(=O)O[C@H]1[C@@H](O)[C@H](n2cnc3c(=O)[nH]c(N)nc32)O[C@@H]1COP(=O)(O)OP(=O)(O)OP(=O)(O)O. The van der Waals surface area contributed by atoms with Crippen molar-refractivity contribution in [2.24, 2.45) is 5.73 Å². The van der Waals surface area contributed by atoms with Crippen molar-refractivity contribution >= 4 is 46.7 Å². The predicted octanol–water partition coefficient (Wildman–Crippen LogP) is -1.08. The van der Waals surface area contributed by atoms with E-state index in [9.17, 15) is 38.2 Å². The summed E-state index contributed by atoms with van der Waals surface area (Å²) in [5.41, 5.74) is 9.97. The molecule has 3 heterocycles. The van der Waals surface area contributed by atoms with Gasteiger partial charge >= 0.3 is 29.6 Å². The highest BCUT2D eigenvalue weighted by Crippen LogP contribution is 2.66. The first-order valence-electron chi connectivity index (χ1n) is 12.0. The van der Waals surface area contributed by atoms with Crippen molar-refractivity contribution < 1.29 is 65.8 Å². The number of imidazole rings is 1. The van der Waals surface area contributed by atoms with Crippen LogP contribution in [-0.4, -0.2) is 88.3 Å². The molecule has 11 N–H and O–H groups in total. The summed E-state index contributed by atoms with van der Waals surface area (Å²) in [6.07, 6.45) is -3.40. The van der Waals surface area contributed by atoms with Crippen LogP contribution in [0.3, 0.4) is 0 Å². The number of nitrogens with two attached hydrogens (primary N) is 2. The molecule has 2 unspecified atom stereocenters. The summed E-state index contributed by atoms with van der Waals surface area (Å²) in [6.45, 7) is -0.335. The number of carbonyl (C=O) groups is 1. The number of nitrogens with one attached hydrogen (secondary N) is 2. The van der Waals surface area contributed by atoms with Gasteiger partial charge in [0.2, 0.25) is 5.95 Å². The van der Waals surface area contributed by atoms with Crippen molar-refractivity contribution in [1.29, 1.82) is 0 Å². The molecule has 1 amide bonds. The lowest BCUT2D eigenvalue weighted by Gasteiger charge is -2.22. The quantitative estimate of drug-likeness (QED) is 0.0806. The Morgan fingerprint density at radius 1 is 1.12 bits per heavy atom. The summed E-state index contributed by atoms with van der Waals surface area (Å²) in [6, 6.07) is 0. The molecule has 1 saturated heterocycles. The maximum atomic E-state index is 12.5. The average molecular weight is 665 g/mol. The number of aromatic nitrogens is 4. The number of amides is 1. The third-order valence-corrected chi connectivity index (χ3v) is 9.30. The number of hydrogen-bond donors (Lipinski definition) is 9. The Balaban J connectivity index is 1.77. The first kappa shape index (κ1) is 34.2. The maximum absolute atomic E-state index is 12.5. The van der Waals surface area contributed by atoms with E-state index >= 15 is 0 Å². The van der Waals surface area contributed by atoms with Crippen LogP contribution in [0.25, 0.3) is 11.2 Å². The maximum Gasteiger partial charge on any atom is 0.490 e. The first-order chi connectivity index (χ1) is 19.5. The van der Waals surface area contributed by atoms with Gasteiger partial charge in [-0.15, -0.1) is 0 Å². The van der Waals surface area contributed by atoms with Gasteiger partial charge in [-0.3, -0.25) is 18.9 Å². The molecular formula is C17H30N7O15P3. The molecule has 0 spiro atoms. The molecule has 25 heteroatoms. The highest BCUT2D eigenvalue weighted by Gasteiger charge is 2.49. The minimum absolute atomic E-state index is 0.144. The number of hydrogen-bond acceptors (Lipinski definition) is 15. The third kappa shape index (κ3) is 9.61. The Hall–Kier alpha value is -2.29. The van der Waals surface area contributed by atoms with E-state index in [2.05, 4.69) is 33.4 Å². The number of phosphoric ester groups is 1. The second-order valence-corrected chi connectivity index (χ2v) is 13.1. The van der Waals surface area contributed by atoms with Crippen LogP contribution < -0.4 is 22.3 Å². The number of rotatable bonds is 15. The van der Waals surface area contributed by atoms with Gasteiger partial charge in [-0.25, -0.2) is 23.5 Å². The van der Waals surface area contributed by atoms with E-state index in [4.69, 9.17) is 30.7 Å². The topological polar surface area (TPSA) is 343 Å². The van der Waals surface area contributed by atoms with Crippen molar-refractivity contribution in [2.75, 3.05) is 25.4 Å². The number of phosphoric acid groups is 3. The molecule has 0 aliphatic carbocycles. The minimum atomic E-state index is -5.82. The van der Waals surface area contributed by atoms with E-state index in [0.29, 0.717) is 13.0 Å². The second-order valence-electron chi connectivity index (χ2n) is 8.72. The van der Waals surface area contributed by atoms with Crippen LogP contribution >= 0.6 is 23.5 Å². The third-order valence-electron chi connectivity index (χ3n) is 5.50. The number of nitrogens with zero attached hydrogens (tertiary/aromatic N) is 3. The van der Waals surface area contributed by atoms with E-state index in [0.717, 1.165) is 30.2 Å². The van der Waals surface area contributed by atoms with E-state index in [1.165, 1.54) is 0 Å². The Bertz CT molecular complexity index is 1450. The fraction of sp³-hybridized carbons (Fsp3) is 0.647. The van der Waals surface area contributed by atoms with Gasteiger partial charge in [0.05, 0.1) is 12.9 Å². The molecule has 1 fully saturated rings. The Morgan fingerprint density at radius 3 is 2.48 bits per heavy atom. The number of H-pyrrole nitrogens is 1. The molecule has 42 heavy (non-hydrogen) atoms. The molecule has 2 aromatic heterocycles. The number of ether oxygens (including phenoxy) is 2. The molecule has 22 nitrogen and oxygen atoms in total. The summed E-state index contributed by atoms with van der Waals surface area (Å²) in [5.74, 6) is -0.301. The summed E-state index contributed by atoms with van der Waals surface area (Å²) in [4.78, 5) is 71.1. The Morgan fingerprint density at radius 2 is 1.81 bits per heavy atom. The van der Waals surface area contributed by atoms with Crippen molar-refractivity contribution in [2.45, 2.75) is 50.2 Å². The zero-order valence-corrected chi connectivity index (χ0v) is 24.2. The molecule has 0 bridgehead atoms. The lowest BCUT2D eigenvalue weighted by Crippen LogP contribution is -2.41. The number of alkyl carbamates (subject to hydrolysis) is 1. The molecule has 6 atom stereocenters. The van der Waals surface area contributed by atoms with Gasteiger partial charge < -0.3 is 50.9 Å². The fourth-order valence-electron chi connectivity index (χ4n) is 3.81. The average Bonchev–Trinajstić information content (AvgIpc) is 3.39. The summed E-state index contributed by atoms with van der Waals surface area (Å²) in [5, 5.41) is 13.5. The molecule has 2 aromatic rings. The molecule has 0 aromatic carbocycles. The van der Waals surface area contributed by atoms with Gasteiger partial charge in [-0.2, -0.15) is 13.6 Å². The standard InChI is InChI=1S/C17H30N7O15P3/c18-5-3-1-2-4-6-20-17(27)37-12-9(7-35-41(31,32)39-42(33,34)38-40(28,29)30)36-15(11(12)25)24-8-21-10-13(24)22-16(19)23-14(10)26/h8-9,11-12,15,25H,1-7,18H2,(H,20,27)(H,31,32)(H,33,34)(H2,28,29,30)(H3,19,22,23,26)/t9-,11-,12-,15-/m1/s1. The zero-order valence-electron chi connectivity index (χ0n) is 21.5. The summed E-state index contributed by atoms with van der Waals surface area (Å²) < 4.78 is 58.6. The van der Waals surface area contributed by atoms with Crippen LogP contribution in [0.4, 0.5) is 10.7 Å². The van der Waals surface area contributed by atoms with E-state index in [1.54, 1.807) is 0 Å². The number of unbranched alkanes of at least 4 members (excludes halogenated alkanes) is 3. The number of nitrogen functional groups attached to an aromatic ring is 1. The molecule has 0 radical (unpaired) electrons. The monoisotopic (exact) mass is 665 g/mol. The van der Waals surface area contributed by atoms with Gasteiger partial charge in [0, 0.05) is 6.54 Å². The largest absolute Gasteiger partial charge is 0.490 e. The van der Waals surface area contributed by atoms with Crippen molar-refractivity contribution in [1.82, 2.24) is 24.8 Å². The molecular weight excluding hydrogens is 635 g/mol. The van der Waals surface area contributed by atoms with Crippen LogP contribution in [-0.2, 0) is 36.3 Å². The van der Waals surface area contributed by atoms with Crippen LogP contribution in [0.5, 0.6) is 0 Å². The smallest absolute Gasteiger partial charge is 0.440 e. The molecule has 3 rings (SSSR count). The zero-order chi connectivity index (χ0) is 31.3. The van der Waals surface area contributed by atoms with E-state index in [1.807, 2.05) is 0 Å². The fourth-order valence-corrected chi connectivity index (χ4v) is 6.84. The highest BCUT2D eigenvalue weighted by atomic mass is 31.3. The van der Waals surface area contributed by atoms with E-state index in [-0.39, 0.29) is 23.7 Å². The van der Waals surface area contributed by atoms with E-state index < -0.39 is 66.3 Å². The van der Waals surface area contributed by atoms with Crippen LogP contribution in [0, 0.1) is 0 Å². The normalized spacial score (nSPS) is 23.9. The van der Waals surface area contributed by atoms with Crippen molar-refractivity contribution in [3.05, 3.63) is 16.7 Å². The number of carbonyl (C=O) groups excluding carboxylic acids is 1. The van der Waals surface area contributed by atoms with Gasteiger partial charge in [-0.05, 0) is 19.4 Å². The first-order valence-corrected chi connectivity index (χ1v) is 16.5. The summed E-state index contributed by atoms with van der Waals surface area (Å²) in [7, 11) is -17.0. The van der Waals surface area contributed by atoms with Crippen LogP contribution in [0.15, 0.2) is 11.1 Å². The Labute approximate surface area is 235 Å². The molecule has 1 aliphatic rings. The Kier molecular flexibility index (Phi) is 11.4. The number of anilines is 1. The van der Waals surface area contributed by atoms with Crippen molar-refractivity contribution in [3.8, 4) is 0 Å². The molecule has 1 aliphatic heterocycles. The van der Waals surface area contributed by atoms with Crippen LogP contribution in [0.1, 0.15) is 31.9 Å². The van der Waals surface area contributed by atoms with Crippen molar-refractivity contribution in [3.63, 3.8) is 0 Å². The number of fused-ring (bicyclic) bond motifs is 1. The van der Waals surface area contributed by atoms with Gasteiger partial charge in [0.15, 0.2) is 23.5 Å². The second kappa shape index (κ2) is 14.0. The molecule has 238 valence electrons. The summed E-state index contributed by atoms with van der Waals surface area (Å²) >= 11 is 0. The molecule has 0 saturated carbocycles. The van der Waals surface area contributed by atoms with Crippen LogP contribution in [0.2, 0.25) is 0 Å². The van der Waals surface area contributed by atoms with Gasteiger partial charge in [0.1, 0.15) is 12.2 Å². The number of aliphatic hydroxyl groups is 1. The lowest BCUT2D eigenvalue weighted by atomic mass is 10.1. The number of aromatic amines is 1. The van der Waals surface area contributed by atoms with Gasteiger partial charge in [0.25, 0.3) is 5.56 Å². The van der Waals surface area contributed by atoms with Gasteiger partial charge in [-0.1, -0.05) is 12.8 Å². The lowest BCUT2D eigenvalue weighted by molar-refractivity contribution is -0.0508. The minimum Gasteiger partial charge on any atom is -0.440 e. The number of aliphatic hydroxyl groups excluding tert-OH is 1. The predicted molar refractivity (Wildman–Crippen MR) is 138 cm³/mol.